The molecule has 0 saturated carbocycles. The Kier molecular flexibility index (Phi) is 10.0. The first-order valence-corrected chi connectivity index (χ1v) is 14.5. The normalized spacial score (nSPS) is 19.1. The van der Waals surface area contributed by atoms with Crippen molar-refractivity contribution in [1.82, 2.24) is 15.1 Å². The van der Waals surface area contributed by atoms with E-state index in [0.717, 1.165) is 5.56 Å². The van der Waals surface area contributed by atoms with Crippen molar-refractivity contribution in [1.29, 1.82) is 0 Å². The zero-order valence-electron chi connectivity index (χ0n) is 22.8. The van der Waals surface area contributed by atoms with Crippen LogP contribution in [0.15, 0.2) is 60.7 Å². The third kappa shape index (κ3) is 6.94. The Bertz CT molecular complexity index is 1230. The first-order chi connectivity index (χ1) is 19.2. The number of rotatable bonds is 11. The first-order valence-electron chi connectivity index (χ1n) is 13.7. The number of hydrogen-bond acceptors (Lipinski definition) is 4. The minimum Gasteiger partial charge on any atom is -0.354 e. The van der Waals surface area contributed by atoms with Gasteiger partial charge in [-0.1, -0.05) is 85.6 Å². The molecule has 4 rings (SSSR count). The molecule has 1 N–H and O–H groups in total. The van der Waals surface area contributed by atoms with Gasteiger partial charge in [-0.05, 0) is 36.5 Å². The number of nitrogens with one attached hydrogen (secondary N) is 1. The Morgan fingerprint density at radius 1 is 0.950 bits per heavy atom. The Labute approximate surface area is 245 Å². The highest BCUT2D eigenvalue weighted by molar-refractivity contribution is 6.36. The van der Waals surface area contributed by atoms with E-state index in [0.29, 0.717) is 35.0 Å². The molecule has 1 saturated heterocycles. The first kappa shape index (κ1) is 29.8. The fourth-order valence-electron chi connectivity index (χ4n) is 5.27. The van der Waals surface area contributed by atoms with Gasteiger partial charge in [0, 0.05) is 48.1 Å². The summed E-state index contributed by atoms with van der Waals surface area (Å²) in [4.78, 5) is 56.2. The van der Waals surface area contributed by atoms with E-state index < -0.39 is 6.04 Å². The largest absolute Gasteiger partial charge is 0.354 e. The molecule has 0 radical (unpaired) electrons. The van der Waals surface area contributed by atoms with Gasteiger partial charge in [-0.2, -0.15) is 0 Å². The quantitative estimate of drug-likeness (QED) is 0.296. The fourth-order valence-corrected chi connectivity index (χ4v) is 5.79. The van der Waals surface area contributed by atoms with Crippen LogP contribution in [0, 0.1) is 17.8 Å². The summed E-state index contributed by atoms with van der Waals surface area (Å²) >= 11 is 13.0. The minimum absolute atomic E-state index is 0.000994. The molecule has 2 aromatic rings. The molecule has 40 heavy (non-hydrogen) atoms. The molecular weight excluding hydrogens is 549 g/mol. The summed E-state index contributed by atoms with van der Waals surface area (Å²) in [5, 5.41) is 3.74. The molecule has 3 atom stereocenters. The molecule has 0 unspecified atom stereocenters. The van der Waals surface area contributed by atoms with E-state index in [-0.39, 0.29) is 67.3 Å². The lowest BCUT2D eigenvalue weighted by Crippen LogP contribution is -2.51. The highest BCUT2D eigenvalue weighted by Gasteiger charge is 2.47. The number of nitrogens with zero attached hydrogens (tertiary/aromatic N) is 2. The van der Waals surface area contributed by atoms with Crippen LogP contribution in [0.5, 0.6) is 0 Å². The van der Waals surface area contributed by atoms with Crippen molar-refractivity contribution in [2.75, 3.05) is 13.1 Å². The molecule has 4 amide bonds. The second-order valence-corrected chi connectivity index (χ2v) is 11.6. The van der Waals surface area contributed by atoms with Crippen molar-refractivity contribution in [2.24, 2.45) is 17.8 Å². The molecule has 2 aliphatic rings. The Morgan fingerprint density at radius 2 is 1.55 bits per heavy atom. The zero-order valence-corrected chi connectivity index (χ0v) is 24.3. The van der Waals surface area contributed by atoms with Crippen LogP contribution in [-0.2, 0) is 32.1 Å². The summed E-state index contributed by atoms with van der Waals surface area (Å²) in [6, 6.07) is 13.7. The molecule has 1 aliphatic carbocycles. The van der Waals surface area contributed by atoms with Crippen molar-refractivity contribution >= 4 is 46.8 Å². The van der Waals surface area contributed by atoms with Crippen molar-refractivity contribution in [3.8, 4) is 0 Å². The van der Waals surface area contributed by atoms with E-state index >= 15 is 0 Å². The van der Waals surface area contributed by atoms with E-state index in [1.165, 1.54) is 9.80 Å². The van der Waals surface area contributed by atoms with Gasteiger partial charge in [0.15, 0.2) is 0 Å². The zero-order chi connectivity index (χ0) is 28.8. The number of allylic oxidation sites excluding steroid dienone is 2. The topological polar surface area (TPSA) is 86.8 Å². The van der Waals surface area contributed by atoms with Crippen LogP contribution >= 0.6 is 23.2 Å². The minimum atomic E-state index is -0.863. The number of hydrogen-bond donors (Lipinski definition) is 1. The number of amides is 4. The van der Waals surface area contributed by atoms with E-state index in [4.69, 9.17) is 23.2 Å². The molecular formula is C31H35Cl2N3O4. The number of halogens is 2. The van der Waals surface area contributed by atoms with Gasteiger partial charge in [0.25, 0.3) is 0 Å². The second kappa shape index (κ2) is 13.5. The molecule has 9 heteroatoms. The van der Waals surface area contributed by atoms with Crippen LogP contribution in [0.25, 0.3) is 0 Å². The smallest absolute Gasteiger partial charge is 0.243 e. The van der Waals surface area contributed by atoms with Crippen LogP contribution < -0.4 is 5.32 Å². The summed E-state index contributed by atoms with van der Waals surface area (Å²) in [5.41, 5.74) is 1.41. The van der Waals surface area contributed by atoms with Crippen LogP contribution in [0.3, 0.4) is 0 Å². The van der Waals surface area contributed by atoms with Gasteiger partial charge in [0.05, 0.1) is 11.8 Å². The van der Waals surface area contributed by atoms with Gasteiger partial charge in [-0.3, -0.25) is 24.1 Å². The van der Waals surface area contributed by atoms with Gasteiger partial charge < -0.3 is 10.2 Å². The van der Waals surface area contributed by atoms with Crippen molar-refractivity contribution in [2.45, 2.75) is 52.1 Å². The third-order valence-electron chi connectivity index (χ3n) is 7.49. The predicted molar refractivity (Wildman–Crippen MR) is 155 cm³/mol. The number of imide groups is 1. The average Bonchev–Trinajstić information content (AvgIpc) is 3.19. The predicted octanol–water partition coefficient (Wildman–Crippen LogP) is 5.05. The highest BCUT2D eigenvalue weighted by atomic mass is 35.5. The van der Waals surface area contributed by atoms with E-state index in [1.807, 2.05) is 56.3 Å². The Hall–Kier alpha value is -3.16. The van der Waals surface area contributed by atoms with Gasteiger partial charge in [0.1, 0.15) is 6.04 Å². The molecule has 1 aliphatic heterocycles. The van der Waals surface area contributed by atoms with Crippen molar-refractivity contribution < 1.29 is 19.2 Å². The molecule has 7 nitrogen and oxygen atoms in total. The number of carbonyl (C=O) groups excluding carboxylic acids is 4. The maximum atomic E-state index is 13.9. The molecule has 212 valence electrons. The molecule has 0 aromatic heterocycles. The van der Waals surface area contributed by atoms with Crippen LogP contribution in [-0.4, -0.2) is 52.6 Å². The second-order valence-electron chi connectivity index (χ2n) is 10.8. The van der Waals surface area contributed by atoms with E-state index in [2.05, 4.69) is 5.32 Å². The number of fused-ring (bicyclic) bond motifs is 1. The summed E-state index contributed by atoms with van der Waals surface area (Å²) in [6.07, 6.45) is 5.09. The lowest BCUT2D eigenvalue weighted by atomic mass is 9.85. The highest BCUT2D eigenvalue weighted by Crippen LogP contribution is 2.35. The summed E-state index contributed by atoms with van der Waals surface area (Å²) in [5.74, 6) is -1.64. The SMILES string of the molecule is CC(C)CNC(=O)[C@H](Cc1ccccc1)N(Cc1c(Cl)cccc1Cl)C(=O)CCN1C(=O)[C@H]2CC=CC[C@H]2C1=O. The summed E-state index contributed by atoms with van der Waals surface area (Å²) in [6.45, 7) is 4.40. The monoisotopic (exact) mass is 583 g/mol. The molecule has 0 spiro atoms. The Morgan fingerprint density at radius 3 is 2.12 bits per heavy atom. The van der Waals surface area contributed by atoms with Gasteiger partial charge in [-0.25, -0.2) is 0 Å². The average molecular weight is 585 g/mol. The standard InChI is InChI=1S/C31H35Cl2N3O4/c1-20(2)18-34-29(38)27(17-21-9-4-3-5-10-21)36(19-24-25(32)13-8-14-26(24)33)28(37)15-16-35-30(39)22-11-6-7-12-23(22)31(35)40/h3-10,13-14,20,22-23,27H,11-12,15-19H2,1-2H3,(H,34,38)/t22-,23+,27-/m0/s1. The lowest BCUT2D eigenvalue weighted by molar-refractivity contribution is -0.144. The van der Waals surface area contributed by atoms with Crippen molar-refractivity contribution in [3.05, 3.63) is 81.9 Å². The molecule has 1 fully saturated rings. The maximum absolute atomic E-state index is 13.9. The Balaban J connectivity index is 1.62. The molecule has 1 heterocycles. The maximum Gasteiger partial charge on any atom is 0.243 e. The number of likely N-dealkylation sites (tertiary alicyclic amines) is 1. The van der Waals surface area contributed by atoms with E-state index in [9.17, 15) is 19.2 Å². The van der Waals surface area contributed by atoms with Crippen LogP contribution in [0.2, 0.25) is 10.0 Å². The fraction of sp³-hybridized carbons (Fsp3) is 0.419. The molecule has 2 aromatic carbocycles. The van der Waals surface area contributed by atoms with E-state index in [1.54, 1.807) is 18.2 Å². The van der Waals surface area contributed by atoms with Crippen molar-refractivity contribution in [3.63, 3.8) is 0 Å². The number of carbonyl (C=O) groups is 4. The van der Waals surface area contributed by atoms with Gasteiger partial charge >= 0.3 is 0 Å². The third-order valence-corrected chi connectivity index (χ3v) is 8.20. The number of benzene rings is 2. The van der Waals surface area contributed by atoms with Crippen LogP contribution in [0.4, 0.5) is 0 Å². The molecule has 0 bridgehead atoms. The summed E-state index contributed by atoms with van der Waals surface area (Å²) in [7, 11) is 0. The summed E-state index contributed by atoms with van der Waals surface area (Å²) < 4.78 is 0. The van der Waals surface area contributed by atoms with Crippen LogP contribution in [0.1, 0.15) is 44.2 Å². The lowest BCUT2D eigenvalue weighted by Gasteiger charge is -2.32. The van der Waals surface area contributed by atoms with Gasteiger partial charge in [-0.15, -0.1) is 0 Å². The van der Waals surface area contributed by atoms with Gasteiger partial charge in [0.2, 0.25) is 23.6 Å².